The van der Waals surface area contributed by atoms with Gasteiger partial charge in [-0.05, 0) is 64.2 Å². The summed E-state index contributed by atoms with van der Waals surface area (Å²) in [6, 6.07) is 0.841. The van der Waals surface area contributed by atoms with Crippen LogP contribution in [0.3, 0.4) is 0 Å². The highest BCUT2D eigenvalue weighted by atomic mass is 16.1. The van der Waals surface area contributed by atoms with Crippen LogP contribution in [0.15, 0.2) is 0 Å². The zero-order valence-electron chi connectivity index (χ0n) is 11.6. The Morgan fingerprint density at radius 2 is 1.94 bits per heavy atom. The molecule has 104 valence electrons. The molecule has 0 aromatic carbocycles. The first-order chi connectivity index (χ1) is 8.74. The number of amides is 1. The van der Waals surface area contributed by atoms with Gasteiger partial charge in [0.2, 0.25) is 5.91 Å². The minimum Gasteiger partial charge on any atom is -0.356 e. The molecule has 18 heavy (non-hydrogen) atoms. The lowest BCUT2D eigenvalue weighted by atomic mass is 9.96. The molecule has 0 unspecified atom stereocenters. The van der Waals surface area contributed by atoms with Gasteiger partial charge in [0.1, 0.15) is 0 Å². The van der Waals surface area contributed by atoms with Crippen LogP contribution in [0.2, 0.25) is 0 Å². The molecule has 1 heterocycles. The summed E-state index contributed by atoms with van der Waals surface area (Å²) in [6.07, 6.45) is 6.50. The summed E-state index contributed by atoms with van der Waals surface area (Å²) in [4.78, 5) is 13.4. The lowest BCUT2D eigenvalue weighted by Crippen LogP contribution is -2.39. The third-order valence-corrected chi connectivity index (χ3v) is 4.01. The highest BCUT2D eigenvalue weighted by Gasteiger charge is 2.21. The number of likely N-dealkylation sites (tertiary alicyclic amines) is 1. The molecule has 2 N–H and O–H groups in total. The van der Waals surface area contributed by atoms with Gasteiger partial charge in [0.25, 0.3) is 0 Å². The van der Waals surface area contributed by atoms with Crippen molar-refractivity contribution < 1.29 is 4.79 Å². The maximum atomic E-state index is 10.9. The second kappa shape index (κ2) is 7.10. The third kappa shape index (κ3) is 5.36. The minimum atomic E-state index is 0.101. The molecule has 0 radical (unpaired) electrons. The van der Waals surface area contributed by atoms with Gasteiger partial charge >= 0.3 is 0 Å². The number of nitrogens with one attached hydrogen (secondary N) is 2. The molecule has 0 atom stereocenters. The van der Waals surface area contributed by atoms with Crippen LogP contribution in [0.25, 0.3) is 0 Å². The van der Waals surface area contributed by atoms with E-state index in [2.05, 4.69) is 15.5 Å². The van der Waals surface area contributed by atoms with Gasteiger partial charge in [-0.15, -0.1) is 0 Å². The summed E-state index contributed by atoms with van der Waals surface area (Å²) in [5, 5.41) is 6.50. The van der Waals surface area contributed by atoms with Crippen molar-refractivity contribution in [2.45, 2.75) is 45.1 Å². The number of rotatable bonds is 7. The van der Waals surface area contributed by atoms with Crippen molar-refractivity contribution in [1.29, 1.82) is 0 Å². The van der Waals surface area contributed by atoms with Crippen molar-refractivity contribution >= 4 is 5.91 Å². The largest absolute Gasteiger partial charge is 0.356 e. The van der Waals surface area contributed by atoms with Crippen molar-refractivity contribution in [3.05, 3.63) is 0 Å². The number of hydrogen-bond acceptors (Lipinski definition) is 3. The van der Waals surface area contributed by atoms with Crippen LogP contribution in [0.4, 0.5) is 0 Å². The van der Waals surface area contributed by atoms with E-state index in [4.69, 9.17) is 0 Å². The molecule has 4 nitrogen and oxygen atoms in total. The van der Waals surface area contributed by atoms with Gasteiger partial charge < -0.3 is 15.5 Å². The molecule has 0 aromatic heterocycles. The predicted octanol–water partition coefficient (Wildman–Crippen LogP) is 0.977. The zero-order chi connectivity index (χ0) is 12.8. The van der Waals surface area contributed by atoms with Crippen LogP contribution >= 0.6 is 0 Å². The van der Waals surface area contributed by atoms with Crippen LogP contribution in [0, 0.1) is 5.92 Å². The van der Waals surface area contributed by atoms with Gasteiger partial charge in [-0.25, -0.2) is 0 Å². The molecule has 2 rings (SSSR count). The van der Waals surface area contributed by atoms with Crippen LogP contribution in [0.1, 0.15) is 39.0 Å². The van der Waals surface area contributed by atoms with Crippen molar-refractivity contribution in [2.75, 3.05) is 32.7 Å². The van der Waals surface area contributed by atoms with E-state index in [1.165, 1.54) is 58.3 Å². The van der Waals surface area contributed by atoms with E-state index in [0.717, 1.165) is 12.6 Å². The maximum Gasteiger partial charge on any atom is 0.216 e. The van der Waals surface area contributed by atoms with Crippen molar-refractivity contribution in [3.8, 4) is 0 Å². The molecule has 1 amide bonds. The Labute approximate surface area is 110 Å². The summed E-state index contributed by atoms with van der Waals surface area (Å²) in [6.45, 7) is 7.28. The van der Waals surface area contributed by atoms with E-state index in [0.29, 0.717) is 5.92 Å². The van der Waals surface area contributed by atoms with E-state index in [1.54, 1.807) is 6.92 Å². The number of carbonyl (C=O) groups excluding carboxylic acids is 1. The zero-order valence-corrected chi connectivity index (χ0v) is 11.6. The summed E-state index contributed by atoms with van der Waals surface area (Å²) in [7, 11) is 0. The first-order valence-corrected chi connectivity index (χ1v) is 7.44. The van der Waals surface area contributed by atoms with Crippen molar-refractivity contribution in [3.63, 3.8) is 0 Å². The molecule has 0 bridgehead atoms. The van der Waals surface area contributed by atoms with Gasteiger partial charge in [-0.1, -0.05) is 0 Å². The predicted molar refractivity (Wildman–Crippen MR) is 73.5 cm³/mol. The molecule has 1 aliphatic heterocycles. The Morgan fingerprint density at radius 3 is 2.56 bits per heavy atom. The summed E-state index contributed by atoms with van der Waals surface area (Å²) in [5.41, 5.74) is 0. The first-order valence-electron chi connectivity index (χ1n) is 7.44. The molecule has 1 saturated carbocycles. The Hall–Kier alpha value is -0.610. The molecular weight excluding hydrogens is 226 g/mol. The molecule has 1 saturated heterocycles. The average Bonchev–Trinajstić information content (AvgIpc) is 3.17. The van der Waals surface area contributed by atoms with Crippen molar-refractivity contribution in [2.24, 2.45) is 5.92 Å². The highest BCUT2D eigenvalue weighted by Crippen LogP contribution is 2.19. The van der Waals surface area contributed by atoms with Crippen LogP contribution < -0.4 is 10.6 Å². The SMILES string of the molecule is CC(=O)NCC1CCN(CCCNC2CC2)CC1. The monoisotopic (exact) mass is 253 g/mol. The summed E-state index contributed by atoms with van der Waals surface area (Å²) in [5.74, 6) is 0.790. The third-order valence-electron chi connectivity index (χ3n) is 4.01. The Morgan fingerprint density at radius 1 is 1.22 bits per heavy atom. The quantitative estimate of drug-likeness (QED) is 0.665. The summed E-state index contributed by atoms with van der Waals surface area (Å²) >= 11 is 0. The van der Waals surface area contributed by atoms with Gasteiger partial charge in [0, 0.05) is 19.5 Å². The summed E-state index contributed by atoms with van der Waals surface area (Å²) < 4.78 is 0. The maximum absolute atomic E-state index is 10.9. The number of hydrogen-bond donors (Lipinski definition) is 2. The van der Waals surface area contributed by atoms with Crippen LogP contribution in [-0.2, 0) is 4.79 Å². The highest BCUT2D eigenvalue weighted by molar-refractivity contribution is 5.72. The number of piperidine rings is 1. The molecule has 4 heteroatoms. The molecular formula is C14H27N3O. The topological polar surface area (TPSA) is 44.4 Å². The van der Waals surface area contributed by atoms with Gasteiger partial charge in [-0.3, -0.25) is 4.79 Å². The molecule has 2 aliphatic rings. The average molecular weight is 253 g/mol. The fourth-order valence-corrected chi connectivity index (χ4v) is 2.60. The number of nitrogens with zero attached hydrogens (tertiary/aromatic N) is 1. The van der Waals surface area contributed by atoms with E-state index in [-0.39, 0.29) is 5.91 Å². The van der Waals surface area contributed by atoms with Crippen LogP contribution in [-0.4, -0.2) is 49.6 Å². The molecule has 1 aliphatic carbocycles. The van der Waals surface area contributed by atoms with Crippen LogP contribution in [0.5, 0.6) is 0 Å². The molecule has 0 aromatic rings. The smallest absolute Gasteiger partial charge is 0.216 e. The second-order valence-electron chi connectivity index (χ2n) is 5.80. The van der Waals surface area contributed by atoms with Gasteiger partial charge in [0.15, 0.2) is 0 Å². The van der Waals surface area contributed by atoms with E-state index < -0.39 is 0 Å². The Kier molecular flexibility index (Phi) is 5.45. The van der Waals surface area contributed by atoms with Crippen molar-refractivity contribution in [1.82, 2.24) is 15.5 Å². The number of carbonyl (C=O) groups is 1. The second-order valence-corrected chi connectivity index (χ2v) is 5.80. The van der Waals surface area contributed by atoms with Gasteiger partial charge in [-0.2, -0.15) is 0 Å². The minimum absolute atomic E-state index is 0.101. The fourth-order valence-electron chi connectivity index (χ4n) is 2.60. The van der Waals surface area contributed by atoms with E-state index in [9.17, 15) is 4.79 Å². The fraction of sp³-hybridized carbons (Fsp3) is 0.929. The Balaban J connectivity index is 1.48. The molecule has 0 spiro atoms. The Bertz CT molecular complexity index is 258. The van der Waals surface area contributed by atoms with E-state index in [1.807, 2.05) is 0 Å². The lowest BCUT2D eigenvalue weighted by molar-refractivity contribution is -0.119. The first kappa shape index (κ1) is 13.8. The molecule has 2 fully saturated rings. The van der Waals surface area contributed by atoms with E-state index >= 15 is 0 Å². The standard InChI is InChI=1S/C14H27N3O/c1-12(18)16-11-13-5-9-17(10-6-13)8-2-7-15-14-3-4-14/h13-15H,2-11H2,1H3,(H,16,18). The normalized spacial score (nSPS) is 22.1. The lowest BCUT2D eigenvalue weighted by Gasteiger charge is -2.31. The van der Waals surface area contributed by atoms with Gasteiger partial charge in [0.05, 0.1) is 0 Å².